The molecule has 18 heavy (non-hydrogen) atoms. The summed E-state index contributed by atoms with van der Waals surface area (Å²) < 4.78 is 4.83. The van der Waals surface area contributed by atoms with Crippen molar-refractivity contribution in [3.8, 4) is 0 Å². The van der Waals surface area contributed by atoms with Crippen molar-refractivity contribution in [1.29, 1.82) is 0 Å². The largest absolute Gasteiger partial charge is 0.466 e. The molecular weight excluding hydrogens is 254 g/mol. The summed E-state index contributed by atoms with van der Waals surface area (Å²) in [5, 5.41) is 3.39. The Labute approximate surface area is 111 Å². The third-order valence-electron chi connectivity index (χ3n) is 2.47. The molecule has 1 rings (SSSR count). The fraction of sp³-hybridized carbons (Fsp3) is 0.385. The molecule has 0 saturated carbocycles. The topological polar surface area (TPSA) is 55.4 Å². The van der Waals surface area contributed by atoms with Crippen LogP contribution in [0.4, 0.5) is 0 Å². The molecule has 1 atom stereocenters. The summed E-state index contributed by atoms with van der Waals surface area (Å²) >= 11 is 5.75. The molecule has 0 saturated heterocycles. The van der Waals surface area contributed by atoms with Gasteiger partial charge in [0, 0.05) is 10.6 Å². The quantitative estimate of drug-likeness (QED) is 0.634. The van der Waals surface area contributed by atoms with Crippen LogP contribution in [0, 0.1) is 0 Å². The van der Waals surface area contributed by atoms with Crippen LogP contribution in [-0.2, 0) is 9.53 Å². The van der Waals surface area contributed by atoms with Crippen molar-refractivity contribution < 1.29 is 14.3 Å². The Morgan fingerprint density at radius 1 is 1.33 bits per heavy atom. The van der Waals surface area contributed by atoms with Gasteiger partial charge in [0.05, 0.1) is 19.1 Å². The van der Waals surface area contributed by atoms with Gasteiger partial charge in [0.25, 0.3) is 0 Å². The molecule has 0 aliphatic carbocycles. The van der Waals surface area contributed by atoms with E-state index in [4.69, 9.17) is 16.3 Å². The summed E-state index contributed by atoms with van der Waals surface area (Å²) in [5.74, 6) is -0.540. The monoisotopic (exact) mass is 269 g/mol. The van der Waals surface area contributed by atoms with Gasteiger partial charge in [0.1, 0.15) is 0 Å². The van der Waals surface area contributed by atoms with Crippen LogP contribution in [0.5, 0.6) is 0 Å². The molecule has 0 fully saturated rings. The highest BCUT2D eigenvalue weighted by molar-refractivity contribution is 6.30. The van der Waals surface area contributed by atoms with Crippen molar-refractivity contribution in [3.63, 3.8) is 0 Å². The van der Waals surface area contributed by atoms with Gasteiger partial charge in [-0.25, -0.2) is 0 Å². The summed E-state index contributed by atoms with van der Waals surface area (Å²) in [6, 6.07) is 5.99. The number of esters is 1. The van der Waals surface area contributed by atoms with Crippen molar-refractivity contribution in [1.82, 2.24) is 5.32 Å². The Morgan fingerprint density at radius 2 is 1.94 bits per heavy atom. The fourth-order valence-electron chi connectivity index (χ4n) is 1.53. The number of carbonyl (C=O) groups excluding carboxylic acids is 2. The van der Waals surface area contributed by atoms with Crippen LogP contribution in [-0.4, -0.2) is 31.4 Å². The van der Waals surface area contributed by atoms with E-state index in [1.54, 1.807) is 38.2 Å². The zero-order valence-electron chi connectivity index (χ0n) is 10.4. The molecule has 0 heterocycles. The predicted molar refractivity (Wildman–Crippen MR) is 69.9 cm³/mol. The van der Waals surface area contributed by atoms with Crippen LogP contribution < -0.4 is 5.32 Å². The second-order valence-electron chi connectivity index (χ2n) is 3.72. The number of ketones is 1. The Bertz CT molecular complexity index is 417. The van der Waals surface area contributed by atoms with E-state index in [9.17, 15) is 9.59 Å². The highest BCUT2D eigenvalue weighted by Crippen LogP contribution is 2.12. The molecule has 1 aromatic carbocycles. The summed E-state index contributed by atoms with van der Waals surface area (Å²) in [4.78, 5) is 23.5. The van der Waals surface area contributed by atoms with Gasteiger partial charge >= 0.3 is 5.97 Å². The minimum Gasteiger partial charge on any atom is -0.466 e. The van der Waals surface area contributed by atoms with E-state index in [1.165, 1.54) is 0 Å². The van der Waals surface area contributed by atoms with Gasteiger partial charge in [-0.3, -0.25) is 9.59 Å². The average Bonchev–Trinajstić information content (AvgIpc) is 2.36. The lowest BCUT2D eigenvalue weighted by Gasteiger charge is -2.14. The smallest absolute Gasteiger partial charge is 0.307 e. The number of hydrogen-bond acceptors (Lipinski definition) is 4. The Morgan fingerprint density at radius 3 is 2.44 bits per heavy atom. The normalized spacial score (nSPS) is 11.9. The second kappa shape index (κ2) is 7.13. The van der Waals surface area contributed by atoms with Crippen molar-refractivity contribution in [2.45, 2.75) is 19.4 Å². The van der Waals surface area contributed by atoms with Crippen LogP contribution in [0.1, 0.15) is 23.7 Å². The molecule has 1 N–H and O–H groups in total. The molecule has 0 aliphatic heterocycles. The number of ether oxygens (including phenoxy) is 1. The van der Waals surface area contributed by atoms with Gasteiger partial charge in [0.15, 0.2) is 5.78 Å². The average molecular weight is 270 g/mol. The fourth-order valence-corrected chi connectivity index (χ4v) is 1.65. The number of likely N-dealkylation sites (N-methyl/N-ethyl adjacent to an activating group) is 1. The highest BCUT2D eigenvalue weighted by Gasteiger charge is 2.21. The lowest BCUT2D eigenvalue weighted by Crippen LogP contribution is -2.36. The Hall–Kier alpha value is -1.39. The van der Waals surface area contributed by atoms with Crippen LogP contribution in [0.25, 0.3) is 0 Å². The molecule has 0 amide bonds. The third-order valence-corrected chi connectivity index (χ3v) is 2.72. The molecule has 4 nitrogen and oxygen atoms in total. The van der Waals surface area contributed by atoms with E-state index in [0.717, 1.165) is 0 Å². The van der Waals surface area contributed by atoms with Crippen molar-refractivity contribution in [2.75, 3.05) is 13.7 Å². The predicted octanol–water partition coefficient (Wildman–Crippen LogP) is 2.06. The Balaban J connectivity index is 2.73. The SMILES string of the molecule is CCOC(=O)CC(NC)C(=O)c1ccc(Cl)cc1. The molecule has 1 unspecified atom stereocenters. The number of hydrogen-bond donors (Lipinski definition) is 1. The summed E-state index contributed by atoms with van der Waals surface area (Å²) in [7, 11) is 1.64. The lowest BCUT2D eigenvalue weighted by atomic mass is 10.0. The summed E-state index contributed by atoms with van der Waals surface area (Å²) in [5.41, 5.74) is 0.517. The first-order valence-corrected chi connectivity index (χ1v) is 6.09. The van der Waals surface area contributed by atoms with E-state index in [0.29, 0.717) is 17.2 Å². The van der Waals surface area contributed by atoms with E-state index >= 15 is 0 Å². The van der Waals surface area contributed by atoms with Gasteiger partial charge in [-0.15, -0.1) is 0 Å². The maximum absolute atomic E-state index is 12.1. The standard InChI is InChI=1S/C13H16ClNO3/c1-3-18-12(16)8-11(15-2)13(17)9-4-6-10(14)7-5-9/h4-7,11,15H,3,8H2,1-2H3. The number of halogens is 1. The van der Waals surface area contributed by atoms with Gasteiger partial charge in [-0.05, 0) is 38.2 Å². The van der Waals surface area contributed by atoms with Crippen LogP contribution >= 0.6 is 11.6 Å². The maximum Gasteiger partial charge on any atom is 0.307 e. The molecule has 0 radical (unpaired) electrons. The number of nitrogens with one attached hydrogen (secondary N) is 1. The molecule has 0 aliphatic rings. The molecule has 0 bridgehead atoms. The first kappa shape index (κ1) is 14.7. The highest BCUT2D eigenvalue weighted by atomic mass is 35.5. The van der Waals surface area contributed by atoms with Crippen molar-refractivity contribution >= 4 is 23.4 Å². The van der Waals surface area contributed by atoms with E-state index in [1.807, 2.05) is 0 Å². The zero-order chi connectivity index (χ0) is 13.5. The van der Waals surface area contributed by atoms with Gasteiger partial charge in [-0.2, -0.15) is 0 Å². The molecule has 5 heteroatoms. The minimum absolute atomic E-state index is 0.0196. The molecular formula is C13H16ClNO3. The van der Waals surface area contributed by atoms with E-state index in [2.05, 4.69) is 5.32 Å². The van der Waals surface area contributed by atoms with Crippen molar-refractivity contribution in [2.24, 2.45) is 0 Å². The first-order valence-electron chi connectivity index (χ1n) is 5.71. The minimum atomic E-state index is -0.578. The lowest BCUT2D eigenvalue weighted by molar-refractivity contribution is -0.143. The molecule has 98 valence electrons. The van der Waals surface area contributed by atoms with Gasteiger partial charge in [-0.1, -0.05) is 11.6 Å². The second-order valence-corrected chi connectivity index (χ2v) is 4.16. The number of rotatable bonds is 6. The summed E-state index contributed by atoms with van der Waals surface area (Å²) in [6.45, 7) is 2.04. The molecule has 0 spiro atoms. The Kier molecular flexibility index (Phi) is 5.82. The van der Waals surface area contributed by atoms with Crippen LogP contribution in [0.15, 0.2) is 24.3 Å². The maximum atomic E-state index is 12.1. The van der Waals surface area contributed by atoms with Crippen molar-refractivity contribution in [3.05, 3.63) is 34.9 Å². The summed E-state index contributed by atoms with van der Waals surface area (Å²) in [6.07, 6.45) is 0.0196. The molecule has 1 aromatic rings. The number of Topliss-reactive ketones (excluding diaryl/α,β-unsaturated/α-hetero) is 1. The van der Waals surface area contributed by atoms with Gasteiger partial charge < -0.3 is 10.1 Å². The first-order chi connectivity index (χ1) is 8.58. The third kappa shape index (κ3) is 4.13. The molecule has 0 aromatic heterocycles. The van der Waals surface area contributed by atoms with Gasteiger partial charge in [0.2, 0.25) is 0 Å². The van der Waals surface area contributed by atoms with E-state index < -0.39 is 6.04 Å². The number of benzene rings is 1. The van der Waals surface area contributed by atoms with E-state index in [-0.39, 0.29) is 18.2 Å². The zero-order valence-corrected chi connectivity index (χ0v) is 11.2. The van der Waals surface area contributed by atoms with Crippen LogP contribution in [0.3, 0.4) is 0 Å². The van der Waals surface area contributed by atoms with Crippen LogP contribution in [0.2, 0.25) is 5.02 Å². The number of carbonyl (C=O) groups is 2.